The van der Waals surface area contributed by atoms with Crippen LogP contribution in [0.25, 0.3) is 22.2 Å². The molecule has 228 valence electrons. The first-order valence-electron chi connectivity index (χ1n) is 12.9. The summed E-state index contributed by atoms with van der Waals surface area (Å²) in [4.78, 5) is 21.5. The minimum atomic E-state index is -4.78. The average molecular weight is 626 g/mol. The molecule has 8 nitrogen and oxygen atoms in total. The van der Waals surface area contributed by atoms with Gasteiger partial charge in [-0.2, -0.15) is 31.3 Å². The van der Waals surface area contributed by atoms with Crippen molar-refractivity contribution in [3.8, 4) is 11.1 Å². The zero-order chi connectivity index (χ0) is 31.0. The second-order valence-electron chi connectivity index (χ2n) is 9.94. The molecule has 1 aliphatic heterocycles. The molecule has 4 aromatic rings. The Hall–Kier alpha value is -3.95. The van der Waals surface area contributed by atoms with Gasteiger partial charge in [-0.25, -0.2) is 4.98 Å². The van der Waals surface area contributed by atoms with E-state index in [2.05, 4.69) is 26.5 Å². The van der Waals surface area contributed by atoms with Crippen molar-refractivity contribution in [2.75, 3.05) is 30.8 Å². The van der Waals surface area contributed by atoms with Crippen LogP contribution in [-0.2, 0) is 20.8 Å². The molecule has 1 aliphatic rings. The Morgan fingerprint density at radius 1 is 1.05 bits per heavy atom. The number of rotatable bonds is 7. The molecule has 1 fully saturated rings. The van der Waals surface area contributed by atoms with Crippen LogP contribution < -0.4 is 16.2 Å². The lowest BCUT2D eigenvalue weighted by Gasteiger charge is -2.24. The van der Waals surface area contributed by atoms with Crippen molar-refractivity contribution in [1.29, 1.82) is 0 Å². The van der Waals surface area contributed by atoms with E-state index in [4.69, 9.17) is 4.74 Å². The number of anilines is 2. The van der Waals surface area contributed by atoms with E-state index >= 15 is 0 Å². The summed E-state index contributed by atoms with van der Waals surface area (Å²) < 4.78 is 97.9. The molecule has 2 aromatic carbocycles. The Bertz CT molecular complexity index is 1780. The number of pyridine rings is 1. The van der Waals surface area contributed by atoms with Crippen LogP contribution in [0.3, 0.4) is 0 Å². The summed E-state index contributed by atoms with van der Waals surface area (Å²) in [5, 5.41) is 6.29. The van der Waals surface area contributed by atoms with E-state index in [9.17, 15) is 35.3 Å². The molecular weight excluding hydrogens is 600 g/mol. The fraction of sp³-hybridized carbons (Fsp3) is 0.286. The Morgan fingerprint density at radius 2 is 1.74 bits per heavy atom. The van der Waals surface area contributed by atoms with Gasteiger partial charge >= 0.3 is 12.4 Å². The number of benzene rings is 2. The molecule has 1 saturated heterocycles. The van der Waals surface area contributed by atoms with Gasteiger partial charge in [-0.1, -0.05) is 24.3 Å². The zero-order valence-corrected chi connectivity index (χ0v) is 23.2. The monoisotopic (exact) mass is 625 g/mol. The quantitative estimate of drug-likeness (QED) is 0.219. The normalized spacial score (nSPS) is 17.5. The van der Waals surface area contributed by atoms with Crippen molar-refractivity contribution in [1.82, 2.24) is 19.9 Å². The third kappa shape index (κ3) is 7.35. The van der Waals surface area contributed by atoms with Crippen LogP contribution in [0.5, 0.6) is 0 Å². The number of morpholine rings is 1. The molecule has 3 heterocycles. The molecule has 2 atom stereocenters. The van der Waals surface area contributed by atoms with Crippen LogP contribution in [0.15, 0.2) is 70.5 Å². The molecule has 0 saturated carbocycles. The van der Waals surface area contributed by atoms with Gasteiger partial charge in [-0.15, -0.1) is 0 Å². The highest BCUT2D eigenvalue weighted by atomic mass is 32.2. The molecule has 0 amide bonds. The minimum absolute atomic E-state index is 0.0434. The number of fused-ring (bicyclic) bond motifs is 1. The Morgan fingerprint density at radius 3 is 2.35 bits per heavy atom. The molecule has 2 unspecified atom stereocenters. The number of alkyl halides is 6. The van der Waals surface area contributed by atoms with Crippen LogP contribution in [0.4, 0.5) is 38.0 Å². The second-order valence-corrected chi connectivity index (χ2v) is 12.3. The van der Waals surface area contributed by atoms with Gasteiger partial charge in [0, 0.05) is 50.3 Å². The van der Waals surface area contributed by atoms with Crippen molar-refractivity contribution in [3.63, 3.8) is 0 Å². The maximum atomic E-state index is 13.6. The number of halogens is 6. The largest absolute Gasteiger partial charge is 0.406 e. The van der Waals surface area contributed by atoms with E-state index in [1.807, 2.05) is 12.1 Å². The summed E-state index contributed by atoms with van der Waals surface area (Å²) in [7, 11) is -3.73. The van der Waals surface area contributed by atoms with Crippen LogP contribution in [0, 0.1) is 0 Å². The summed E-state index contributed by atoms with van der Waals surface area (Å²) in [5.41, 5.74) is 0.125. The molecule has 5 rings (SSSR count). The number of aromatic nitrogens is 3. The number of hydrogen-bond donors (Lipinski definition) is 2. The first-order valence-corrected chi connectivity index (χ1v) is 14.8. The number of nitrogens with zero attached hydrogens (tertiary/aromatic N) is 3. The Kier molecular flexibility index (Phi) is 8.24. The van der Waals surface area contributed by atoms with Crippen molar-refractivity contribution in [2.45, 2.75) is 29.9 Å². The predicted molar refractivity (Wildman–Crippen MR) is 151 cm³/mol. The number of nitrogens with one attached hydrogen (secondary N) is 2. The molecule has 2 N–H and O–H groups in total. The second kappa shape index (κ2) is 11.6. The first-order chi connectivity index (χ1) is 20.2. The topological polar surface area (TPSA) is 98.1 Å². The van der Waals surface area contributed by atoms with E-state index in [1.54, 1.807) is 12.1 Å². The molecule has 0 bridgehead atoms. The number of hydrogen-bond acceptors (Lipinski definition) is 7. The lowest BCUT2D eigenvalue weighted by Crippen LogP contribution is -2.33. The van der Waals surface area contributed by atoms with Crippen molar-refractivity contribution in [2.24, 2.45) is 0 Å². The lowest BCUT2D eigenvalue weighted by atomic mass is 10.1. The van der Waals surface area contributed by atoms with Crippen LogP contribution in [-0.4, -0.2) is 62.4 Å². The van der Waals surface area contributed by atoms with E-state index in [0.29, 0.717) is 23.4 Å². The lowest BCUT2D eigenvalue weighted by molar-refractivity contribution is -0.140. The fourth-order valence-electron chi connectivity index (χ4n) is 4.67. The minimum Gasteiger partial charge on any atom is -0.371 e. The maximum absolute atomic E-state index is 13.6. The third-order valence-electron chi connectivity index (χ3n) is 6.62. The Balaban J connectivity index is 1.48. The summed E-state index contributed by atoms with van der Waals surface area (Å²) in [5.74, 6) is 1.51. The summed E-state index contributed by atoms with van der Waals surface area (Å²) in [6, 6.07) is 13.1. The van der Waals surface area contributed by atoms with Gasteiger partial charge in [0.25, 0.3) is 5.56 Å². The van der Waals surface area contributed by atoms with E-state index in [1.165, 1.54) is 24.4 Å². The number of ether oxygens (including phenoxy) is 1. The fourth-order valence-corrected chi connectivity index (χ4v) is 6.00. The van der Waals surface area contributed by atoms with Gasteiger partial charge in [-0.3, -0.25) is 13.6 Å². The molecule has 0 spiro atoms. The van der Waals surface area contributed by atoms with E-state index in [0.717, 1.165) is 24.2 Å². The third-order valence-corrected chi connectivity index (χ3v) is 8.55. The van der Waals surface area contributed by atoms with Gasteiger partial charge < -0.3 is 15.4 Å². The highest BCUT2D eigenvalue weighted by Crippen LogP contribution is 2.28. The van der Waals surface area contributed by atoms with Gasteiger partial charge in [0.1, 0.15) is 17.9 Å². The first kappa shape index (κ1) is 30.5. The maximum Gasteiger partial charge on any atom is 0.406 e. The Labute approximate surface area is 241 Å². The molecular formula is C28H25F6N5O3S. The van der Waals surface area contributed by atoms with Crippen LogP contribution in [0.2, 0.25) is 0 Å². The van der Waals surface area contributed by atoms with Gasteiger partial charge in [-0.05, 0) is 47.3 Å². The molecule has 2 aromatic heterocycles. The molecule has 43 heavy (non-hydrogen) atoms. The van der Waals surface area contributed by atoms with E-state index < -0.39 is 39.7 Å². The van der Waals surface area contributed by atoms with Crippen LogP contribution >= 0.6 is 0 Å². The standard InChI is InChI=1S/C28H25F6N5O3S/c1-43(41,16-28(32,33)34)21-8-4-17(5-9-21)22-12-19-13-36-26(38-24(19)39(25(22)40)15-27(29,30)31)37-20-6-2-18(3-7-20)23-14-35-10-11-42-23/h2-9,12-13,23,35H,1,10-11,14-16H2,(H,36,37,38). The van der Waals surface area contributed by atoms with Gasteiger partial charge in [0.2, 0.25) is 5.95 Å². The summed E-state index contributed by atoms with van der Waals surface area (Å²) in [6.45, 7) is 0.376. The zero-order valence-electron chi connectivity index (χ0n) is 22.3. The molecule has 0 radical (unpaired) electrons. The predicted octanol–water partition coefficient (Wildman–Crippen LogP) is 5.06. The van der Waals surface area contributed by atoms with Crippen LogP contribution in [0.1, 0.15) is 11.7 Å². The smallest absolute Gasteiger partial charge is 0.371 e. The highest BCUT2D eigenvalue weighted by molar-refractivity contribution is 8.00. The average Bonchev–Trinajstić information content (AvgIpc) is 2.94. The van der Waals surface area contributed by atoms with Crippen molar-refractivity contribution >= 4 is 38.1 Å². The van der Waals surface area contributed by atoms with E-state index in [-0.39, 0.29) is 39.1 Å². The SMILES string of the molecule is C=S(=O)(CC(F)(F)F)c1ccc(-c2cc3cnc(Nc4ccc(C5CNCCO5)cc4)nc3n(CC(F)(F)F)c2=O)cc1. The van der Waals surface area contributed by atoms with Crippen molar-refractivity contribution in [3.05, 3.63) is 76.7 Å². The highest BCUT2D eigenvalue weighted by Gasteiger charge is 2.33. The molecule has 0 aliphatic carbocycles. The summed E-state index contributed by atoms with van der Waals surface area (Å²) in [6.07, 6.45) is -8.35. The molecule has 15 heteroatoms. The van der Waals surface area contributed by atoms with Gasteiger partial charge in [0.15, 0.2) is 0 Å². The van der Waals surface area contributed by atoms with Gasteiger partial charge in [0.05, 0.1) is 12.7 Å². The summed E-state index contributed by atoms with van der Waals surface area (Å²) >= 11 is 0. The van der Waals surface area contributed by atoms with Crippen molar-refractivity contribution < 1.29 is 35.3 Å².